The van der Waals surface area contributed by atoms with E-state index in [9.17, 15) is 13.6 Å². The van der Waals surface area contributed by atoms with Crippen molar-refractivity contribution < 1.29 is 18.0 Å². The van der Waals surface area contributed by atoms with Gasteiger partial charge in [-0.25, -0.2) is 18.4 Å². The number of rotatable bonds is 6. The number of aromatic nitrogens is 5. The van der Waals surface area contributed by atoms with Crippen molar-refractivity contribution in [3.05, 3.63) is 47.5 Å². The monoisotopic (exact) mass is 414 g/mol. The maximum absolute atomic E-state index is 13.7. The van der Waals surface area contributed by atoms with Crippen LogP contribution in [0.3, 0.4) is 0 Å². The molecule has 0 aromatic carbocycles. The van der Waals surface area contributed by atoms with E-state index in [-0.39, 0.29) is 34.7 Å². The van der Waals surface area contributed by atoms with Crippen molar-refractivity contribution in [1.29, 1.82) is 0 Å². The first-order valence-electron chi connectivity index (χ1n) is 9.41. The number of hydrogen-bond acceptors (Lipinski definition) is 5. The quantitative estimate of drug-likeness (QED) is 0.513. The Bertz CT molecular complexity index is 1210. The second-order valence-electron chi connectivity index (χ2n) is 6.85. The molecular weight excluding hydrogens is 394 g/mol. The van der Waals surface area contributed by atoms with Gasteiger partial charge in [-0.2, -0.15) is 10.2 Å². The number of pyridine rings is 1. The lowest BCUT2D eigenvalue weighted by molar-refractivity contribution is -0.116. The fraction of sp³-hybridized carbons (Fsp3) is 0.300. The van der Waals surface area contributed by atoms with Crippen LogP contribution in [0, 0.1) is 13.8 Å². The molecule has 0 saturated carbocycles. The number of nitrogens with one attached hydrogen (secondary N) is 1. The van der Waals surface area contributed by atoms with Crippen molar-refractivity contribution in [2.75, 3.05) is 5.32 Å². The van der Waals surface area contributed by atoms with Crippen LogP contribution in [-0.4, -0.2) is 30.5 Å². The summed E-state index contributed by atoms with van der Waals surface area (Å²) in [5, 5.41) is 11.5. The number of alkyl halides is 2. The van der Waals surface area contributed by atoms with Gasteiger partial charge in [-0.3, -0.25) is 9.48 Å². The van der Waals surface area contributed by atoms with E-state index >= 15 is 0 Å². The molecule has 0 spiro atoms. The zero-order valence-corrected chi connectivity index (χ0v) is 16.7. The fourth-order valence-electron chi connectivity index (χ4n) is 3.43. The minimum Gasteiger partial charge on any atom is -0.463 e. The molecule has 0 aliphatic heterocycles. The summed E-state index contributed by atoms with van der Waals surface area (Å²) >= 11 is 0. The Balaban J connectivity index is 1.70. The minimum absolute atomic E-state index is 0.195. The van der Waals surface area contributed by atoms with Crippen LogP contribution < -0.4 is 5.32 Å². The molecule has 10 heteroatoms. The van der Waals surface area contributed by atoms with Crippen molar-refractivity contribution in [2.45, 2.75) is 40.3 Å². The smallest absolute Gasteiger partial charge is 0.264 e. The first-order valence-corrected chi connectivity index (χ1v) is 9.41. The number of amides is 1. The van der Waals surface area contributed by atoms with Gasteiger partial charge in [-0.1, -0.05) is 0 Å². The van der Waals surface area contributed by atoms with E-state index in [2.05, 4.69) is 20.5 Å². The molecule has 4 aromatic heterocycles. The first kappa shape index (κ1) is 19.7. The van der Waals surface area contributed by atoms with Gasteiger partial charge in [-0.05, 0) is 39.0 Å². The third kappa shape index (κ3) is 3.56. The predicted molar refractivity (Wildman–Crippen MR) is 106 cm³/mol. The van der Waals surface area contributed by atoms with E-state index in [1.54, 1.807) is 29.8 Å². The molecule has 8 nitrogen and oxygen atoms in total. The summed E-state index contributed by atoms with van der Waals surface area (Å²) in [6.45, 7) is 5.94. The highest BCUT2D eigenvalue weighted by atomic mass is 19.3. The van der Waals surface area contributed by atoms with Crippen LogP contribution in [0.5, 0.6) is 0 Å². The summed E-state index contributed by atoms with van der Waals surface area (Å²) in [6, 6.07) is 6.34. The Morgan fingerprint density at radius 2 is 2.03 bits per heavy atom. The van der Waals surface area contributed by atoms with Crippen LogP contribution in [0.2, 0.25) is 0 Å². The zero-order chi connectivity index (χ0) is 21.4. The Labute approximate surface area is 170 Å². The number of halogens is 2. The molecule has 0 aliphatic carbocycles. The molecule has 1 N–H and O–H groups in total. The van der Waals surface area contributed by atoms with Crippen LogP contribution in [0.15, 0.2) is 34.9 Å². The molecule has 0 atom stereocenters. The molecule has 0 saturated heterocycles. The molecule has 0 aliphatic rings. The molecule has 1 amide bonds. The van der Waals surface area contributed by atoms with Gasteiger partial charge in [-0.15, -0.1) is 0 Å². The van der Waals surface area contributed by atoms with Gasteiger partial charge >= 0.3 is 0 Å². The molecule has 156 valence electrons. The Morgan fingerprint density at radius 3 is 2.67 bits per heavy atom. The van der Waals surface area contributed by atoms with Crippen LogP contribution in [0.25, 0.3) is 22.5 Å². The topological polar surface area (TPSA) is 90.8 Å². The van der Waals surface area contributed by atoms with Crippen molar-refractivity contribution in [1.82, 2.24) is 24.5 Å². The Morgan fingerprint density at radius 1 is 1.23 bits per heavy atom. The van der Waals surface area contributed by atoms with Crippen molar-refractivity contribution in [2.24, 2.45) is 0 Å². The van der Waals surface area contributed by atoms with Gasteiger partial charge in [0.05, 0.1) is 17.3 Å². The maximum Gasteiger partial charge on any atom is 0.264 e. The average molecular weight is 414 g/mol. The Kier molecular flexibility index (Phi) is 5.06. The standard InChI is InChI=1S/C20H20F2N6O2/c1-4-27-11(2)8-16(26-27)24-17(29)10-28-20-18(12(3)25-28)13(19(21)22)9-14(23-20)15-6-5-7-30-15/h5-9,19H,4,10H2,1-3H3,(H,24,26,29). The van der Waals surface area contributed by atoms with E-state index in [0.29, 0.717) is 23.8 Å². The number of carbonyl (C=O) groups excluding carboxylic acids is 1. The second kappa shape index (κ2) is 7.69. The van der Waals surface area contributed by atoms with Gasteiger partial charge < -0.3 is 9.73 Å². The predicted octanol–water partition coefficient (Wildman–Crippen LogP) is 4.10. The number of carbonyl (C=O) groups is 1. The number of anilines is 1. The maximum atomic E-state index is 13.7. The summed E-state index contributed by atoms with van der Waals surface area (Å²) in [5.74, 6) is 0.392. The van der Waals surface area contributed by atoms with E-state index < -0.39 is 6.43 Å². The summed E-state index contributed by atoms with van der Waals surface area (Å²) < 4.78 is 35.9. The first-order chi connectivity index (χ1) is 14.4. The highest BCUT2D eigenvalue weighted by Crippen LogP contribution is 2.33. The van der Waals surface area contributed by atoms with Crippen LogP contribution >= 0.6 is 0 Å². The molecule has 0 radical (unpaired) electrons. The van der Waals surface area contributed by atoms with Crippen LogP contribution in [0.1, 0.15) is 30.3 Å². The highest BCUT2D eigenvalue weighted by Gasteiger charge is 2.22. The largest absolute Gasteiger partial charge is 0.463 e. The van der Waals surface area contributed by atoms with E-state index in [1.165, 1.54) is 17.0 Å². The van der Waals surface area contributed by atoms with Crippen LogP contribution in [0.4, 0.5) is 14.6 Å². The van der Waals surface area contributed by atoms with Gasteiger partial charge in [0.25, 0.3) is 6.43 Å². The van der Waals surface area contributed by atoms with Crippen LogP contribution in [-0.2, 0) is 17.9 Å². The SMILES string of the molecule is CCn1nc(NC(=O)Cn2nc(C)c3c(C(F)F)cc(-c4ccco4)nc32)cc1C. The number of aryl methyl sites for hydroxylation is 3. The average Bonchev–Trinajstić information content (AvgIpc) is 3.41. The van der Waals surface area contributed by atoms with Crippen molar-refractivity contribution in [3.63, 3.8) is 0 Å². The van der Waals surface area contributed by atoms with E-state index in [4.69, 9.17) is 4.42 Å². The summed E-state index contributed by atoms with van der Waals surface area (Å²) in [7, 11) is 0. The third-order valence-corrected chi connectivity index (χ3v) is 4.76. The van der Waals surface area contributed by atoms with Gasteiger partial charge in [0.15, 0.2) is 17.2 Å². The lowest BCUT2D eigenvalue weighted by Crippen LogP contribution is -2.20. The molecule has 30 heavy (non-hydrogen) atoms. The van der Waals surface area contributed by atoms with Gasteiger partial charge in [0.1, 0.15) is 12.2 Å². The number of hydrogen-bond donors (Lipinski definition) is 1. The normalized spacial score (nSPS) is 11.5. The molecule has 4 aromatic rings. The molecule has 4 heterocycles. The van der Waals surface area contributed by atoms with E-state index in [1.807, 2.05) is 13.8 Å². The fourth-order valence-corrected chi connectivity index (χ4v) is 3.43. The van der Waals surface area contributed by atoms with Crippen molar-refractivity contribution >= 4 is 22.8 Å². The molecular formula is C20H20F2N6O2. The van der Waals surface area contributed by atoms with Gasteiger partial charge in [0, 0.05) is 23.9 Å². The summed E-state index contributed by atoms with van der Waals surface area (Å²) in [5.41, 5.74) is 1.54. The number of nitrogens with zero attached hydrogens (tertiary/aromatic N) is 5. The molecule has 4 rings (SSSR count). The minimum atomic E-state index is -2.73. The molecule has 0 unspecified atom stereocenters. The summed E-state index contributed by atoms with van der Waals surface area (Å²) in [6.07, 6.45) is -1.29. The number of furan rings is 1. The summed E-state index contributed by atoms with van der Waals surface area (Å²) in [4.78, 5) is 17.0. The zero-order valence-electron chi connectivity index (χ0n) is 16.7. The molecule has 0 bridgehead atoms. The third-order valence-electron chi connectivity index (χ3n) is 4.76. The van der Waals surface area contributed by atoms with Gasteiger partial charge in [0.2, 0.25) is 5.91 Å². The molecule has 0 fully saturated rings. The lowest BCUT2D eigenvalue weighted by Gasteiger charge is -2.07. The lowest BCUT2D eigenvalue weighted by atomic mass is 10.1. The van der Waals surface area contributed by atoms with Crippen molar-refractivity contribution in [3.8, 4) is 11.5 Å². The number of fused-ring (bicyclic) bond motifs is 1. The highest BCUT2D eigenvalue weighted by molar-refractivity contribution is 5.91. The Hall–Kier alpha value is -3.56. The van der Waals surface area contributed by atoms with E-state index in [0.717, 1.165) is 5.69 Å². The second-order valence-corrected chi connectivity index (χ2v) is 6.85.